The molecule has 0 aliphatic heterocycles. The van der Waals surface area contributed by atoms with Crippen LogP contribution < -0.4 is 4.74 Å². The Bertz CT molecular complexity index is 502. The molecule has 1 heterocycles. The van der Waals surface area contributed by atoms with Gasteiger partial charge in [0.25, 0.3) is 0 Å². The lowest BCUT2D eigenvalue weighted by Gasteiger charge is -2.08. The summed E-state index contributed by atoms with van der Waals surface area (Å²) in [7, 11) is 0. The van der Waals surface area contributed by atoms with Crippen molar-refractivity contribution in [2.24, 2.45) is 0 Å². The Hall–Kier alpha value is -1.04. The first-order valence-corrected chi connectivity index (χ1v) is 6.80. The molecule has 1 aromatic heterocycles. The lowest BCUT2D eigenvalue weighted by molar-refractivity contribution is 0.295. The van der Waals surface area contributed by atoms with E-state index in [1.54, 1.807) is 0 Å². The van der Waals surface area contributed by atoms with Crippen LogP contribution in [0.5, 0.6) is 5.75 Å². The Labute approximate surface area is 114 Å². The van der Waals surface area contributed by atoms with Crippen LogP contribution in [0.4, 0.5) is 0 Å². The predicted octanol–water partition coefficient (Wildman–Crippen LogP) is 3.40. The van der Waals surface area contributed by atoms with E-state index in [1.165, 1.54) is 16.4 Å². The number of nitrogens with zero attached hydrogens (tertiary/aromatic N) is 2. The van der Waals surface area contributed by atoms with Crippen molar-refractivity contribution >= 4 is 22.6 Å². The molecule has 0 N–H and O–H groups in total. The first-order chi connectivity index (χ1) is 8.33. The zero-order valence-electron chi connectivity index (χ0n) is 9.34. The summed E-state index contributed by atoms with van der Waals surface area (Å²) in [5.74, 6) is 0.911. The normalized spacial score (nSPS) is 14.9. The first-order valence-electron chi connectivity index (χ1n) is 5.72. The maximum absolute atomic E-state index is 5.76. The predicted molar refractivity (Wildman–Crippen MR) is 74.0 cm³/mol. The van der Waals surface area contributed by atoms with Gasteiger partial charge in [0, 0.05) is 9.61 Å². The Balaban J connectivity index is 1.67. The third kappa shape index (κ3) is 2.62. The van der Waals surface area contributed by atoms with Crippen molar-refractivity contribution in [1.29, 1.82) is 0 Å². The molecule has 2 aromatic rings. The van der Waals surface area contributed by atoms with E-state index >= 15 is 0 Å². The van der Waals surface area contributed by atoms with E-state index in [2.05, 4.69) is 32.1 Å². The molecule has 0 saturated heterocycles. The summed E-state index contributed by atoms with van der Waals surface area (Å²) in [4.78, 5) is 4.19. The van der Waals surface area contributed by atoms with Gasteiger partial charge in [-0.25, -0.2) is 4.98 Å². The largest absolute Gasteiger partial charge is 0.487 e. The number of imidazole rings is 1. The number of ether oxygens (including phenoxy) is 1. The highest BCUT2D eigenvalue weighted by molar-refractivity contribution is 14.1. The average molecular weight is 340 g/mol. The summed E-state index contributed by atoms with van der Waals surface area (Å²) < 4.78 is 9.21. The van der Waals surface area contributed by atoms with Gasteiger partial charge in [0.1, 0.15) is 12.4 Å². The second kappa shape index (κ2) is 4.68. The number of hydrogen-bond donors (Lipinski definition) is 0. The minimum absolute atomic E-state index is 0.594. The molecule has 17 heavy (non-hydrogen) atoms. The molecule has 0 spiro atoms. The van der Waals surface area contributed by atoms with E-state index in [0.29, 0.717) is 12.6 Å². The van der Waals surface area contributed by atoms with Gasteiger partial charge in [0.2, 0.25) is 0 Å². The fourth-order valence-electron chi connectivity index (χ4n) is 1.81. The van der Waals surface area contributed by atoms with Gasteiger partial charge in [-0.2, -0.15) is 0 Å². The Kier molecular flexibility index (Phi) is 3.05. The number of hydrogen-bond acceptors (Lipinski definition) is 2. The second-order valence-corrected chi connectivity index (χ2v) is 5.51. The van der Waals surface area contributed by atoms with Gasteiger partial charge in [-0.3, -0.25) is 0 Å². The van der Waals surface area contributed by atoms with E-state index < -0.39 is 0 Å². The van der Waals surface area contributed by atoms with Crippen molar-refractivity contribution in [3.05, 3.63) is 46.1 Å². The number of rotatable bonds is 4. The monoisotopic (exact) mass is 340 g/mol. The molecule has 1 aliphatic rings. The van der Waals surface area contributed by atoms with Crippen LogP contribution in [0.3, 0.4) is 0 Å². The Morgan fingerprint density at radius 3 is 2.76 bits per heavy atom. The van der Waals surface area contributed by atoms with E-state index in [-0.39, 0.29) is 0 Å². The number of benzene rings is 1. The van der Waals surface area contributed by atoms with Crippen LogP contribution in [0.15, 0.2) is 36.8 Å². The average Bonchev–Trinajstić information content (AvgIpc) is 3.08. The van der Waals surface area contributed by atoms with Crippen molar-refractivity contribution in [3.8, 4) is 5.75 Å². The maximum Gasteiger partial charge on any atom is 0.130 e. The Morgan fingerprint density at radius 2 is 2.06 bits per heavy atom. The van der Waals surface area contributed by atoms with Gasteiger partial charge in [-0.1, -0.05) is 0 Å². The van der Waals surface area contributed by atoms with Gasteiger partial charge in [-0.15, -0.1) is 0 Å². The lowest BCUT2D eigenvalue weighted by Crippen LogP contribution is -2.03. The third-order valence-corrected chi connectivity index (χ3v) is 3.61. The SMILES string of the molecule is Ic1ccc(OCc2cncn2C2CC2)cc1. The summed E-state index contributed by atoms with van der Waals surface area (Å²) >= 11 is 2.29. The highest BCUT2D eigenvalue weighted by Gasteiger charge is 2.25. The maximum atomic E-state index is 5.76. The topological polar surface area (TPSA) is 27.1 Å². The molecule has 0 atom stereocenters. The van der Waals surface area contributed by atoms with Crippen molar-refractivity contribution in [3.63, 3.8) is 0 Å². The fraction of sp³-hybridized carbons (Fsp3) is 0.308. The van der Waals surface area contributed by atoms with Gasteiger partial charge in [0.05, 0.1) is 18.2 Å². The minimum atomic E-state index is 0.594. The molecule has 0 bridgehead atoms. The van der Waals surface area contributed by atoms with Crippen LogP contribution in [-0.4, -0.2) is 9.55 Å². The van der Waals surface area contributed by atoms with E-state index in [4.69, 9.17) is 4.74 Å². The second-order valence-electron chi connectivity index (χ2n) is 4.27. The number of halogens is 1. The molecule has 1 saturated carbocycles. The third-order valence-electron chi connectivity index (χ3n) is 2.89. The van der Waals surface area contributed by atoms with Gasteiger partial charge >= 0.3 is 0 Å². The molecule has 88 valence electrons. The standard InChI is InChI=1S/C13H13IN2O/c14-10-1-5-13(6-2-10)17-8-12-7-15-9-16(12)11-3-4-11/h1-2,5-7,9,11H,3-4,8H2. The van der Waals surface area contributed by atoms with Crippen LogP contribution >= 0.6 is 22.6 Å². The van der Waals surface area contributed by atoms with Crippen LogP contribution in [-0.2, 0) is 6.61 Å². The summed E-state index contributed by atoms with van der Waals surface area (Å²) in [6.07, 6.45) is 6.34. The van der Waals surface area contributed by atoms with E-state index in [0.717, 1.165) is 11.4 Å². The molecule has 4 heteroatoms. The molecule has 0 unspecified atom stereocenters. The van der Waals surface area contributed by atoms with Crippen molar-refractivity contribution in [1.82, 2.24) is 9.55 Å². The lowest BCUT2D eigenvalue weighted by atomic mass is 10.3. The van der Waals surface area contributed by atoms with E-state index in [1.807, 2.05) is 36.8 Å². The van der Waals surface area contributed by atoms with Crippen LogP contribution in [0.25, 0.3) is 0 Å². The van der Waals surface area contributed by atoms with Gasteiger partial charge < -0.3 is 9.30 Å². The molecule has 1 aliphatic carbocycles. The minimum Gasteiger partial charge on any atom is -0.487 e. The van der Waals surface area contributed by atoms with Gasteiger partial charge in [-0.05, 0) is 59.7 Å². The molecule has 0 radical (unpaired) electrons. The zero-order chi connectivity index (χ0) is 11.7. The molecule has 3 nitrogen and oxygen atoms in total. The molecule has 1 aromatic carbocycles. The van der Waals surface area contributed by atoms with E-state index in [9.17, 15) is 0 Å². The fourth-order valence-corrected chi connectivity index (χ4v) is 2.17. The highest BCUT2D eigenvalue weighted by atomic mass is 127. The van der Waals surface area contributed by atoms with Crippen LogP contribution in [0.2, 0.25) is 0 Å². The van der Waals surface area contributed by atoms with Crippen molar-refractivity contribution in [2.75, 3.05) is 0 Å². The molecular formula is C13H13IN2O. The van der Waals surface area contributed by atoms with Crippen LogP contribution in [0, 0.1) is 3.57 Å². The highest BCUT2D eigenvalue weighted by Crippen LogP contribution is 2.35. The Morgan fingerprint density at radius 1 is 1.29 bits per heavy atom. The summed E-state index contributed by atoms with van der Waals surface area (Å²) in [5, 5.41) is 0. The van der Waals surface area contributed by atoms with Gasteiger partial charge in [0.15, 0.2) is 0 Å². The molecular weight excluding hydrogens is 327 g/mol. The zero-order valence-corrected chi connectivity index (χ0v) is 11.5. The summed E-state index contributed by atoms with van der Waals surface area (Å²) in [5.41, 5.74) is 1.16. The molecule has 3 rings (SSSR count). The summed E-state index contributed by atoms with van der Waals surface area (Å²) in [6.45, 7) is 0.594. The smallest absolute Gasteiger partial charge is 0.130 e. The number of aromatic nitrogens is 2. The molecule has 0 amide bonds. The van der Waals surface area contributed by atoms with Crippen LogP contribution in [0.1, 0.15) is 24.6 Å². The quantitative estimate of drug-likeness (QED) is 0.798. The molecule has 1 fully saturated rings. The first kappa shape index (κ1) is 11.1. The summed E-state index contributed by atoms with van der Waals surface area (Å²) in [6, 6.07) is 8.76. The van der Waals surface area contributed by atoms with Crippen molar-refractivity contribution < 1.29 is 4.74 Å². The van der Waals surface area contributed by atoms with Crippen molar-refractivity contribution in [2.45, 2.75) is 25.5 Å².